The van der Waals surface area contributed by atoms with Gasteiger partial charge < -0.3 is 10.1 Å². The van der Waals surface area contributed by atoms with Gasteiger partial charge in [0.1, 0.15) is 11.8 Å². The molecular weight excluding hydrogens is 482 g/mol. The molecule has 0 saturated carbocycles. The number of nitrogens with one attached hydrogen (secondary N) is 2. The van der Waals surface area contributed by atoms with Crippen LogP contribution in [-0.2, 0) is 4.79 Å². The predicted octanol–water partition coefficient (Wildman–Crippen LogP) is 5.19. The SMILES string of the molecule is CCCOc1ccc(Br)cc1C=NNC(=O)C(CC(C)C)NC(=O)c1ccc(Cl)cc1. The fourth-order valence-electron chi connectivity index (χ4n) is 2.75. The van der Waals surface area contributed by atoms with Gasteiger partial charge >= 0.3 is 0 Å². The Balaban J connectivity index is 2.07. The van der Waals surface area contributed by atoms with Gasteiger partial charge in [-0.15, -0.1) is 0 Å². The number of carbonyl (C=O) groups is 2. The summed E-state index contributed by atoms with van der Waals surface area (Å²) in [7, 11) is 0. The van der Waals surface area contributed by atoms with Crippen molar-refractivity contribution >= 4 is 45.6 Å². The molecule has 0 aliphatic rings. The van der Waals surface area contributed by atoms with Gasteiger partial charge in [-0.25, -0.2) is 5.43 Å². The molecule has 0 fully saturated rings. The Kier molecular flexibility index (Phi) is 10.0. The molecular formula is C23H27BrClN3O3. The van der Waals surface area contributed by atoms with Crippen LogP contribution < -0.4 is 15.5 Å². The van der Waals surface area contributed by atoms with E-state index in [4.69, 9.17) is 16.3 Å². The topological polar surface area (TPSA) is 79.8 Å². The number of hydrogen-bond acceptors (Lipinski definition) is 4. The van der Waals surface area contributed by atoms with Crippen LogP contribution in [0.3, 0.4) is 0 Å². The van der Waals surface area contributed by atoms with Crippen molar-refractivity contribution in [3.8, 4) is 5.75 Å². The minimum absolute atomic E-state index is 0.198. The molecule has 8 heteroatoms. The van der Waals surface area contributed by atoms with E-state index in [1.807, 2.05) is 39.0 Å². The van der Waals surface area contributed by atoms with E-state index >= 15 is 0 Å². The minimum atomic E-state index is -0.723. The Labute approximate surface area is 196 Å². The van der Waals surface area contributed by atoms with E-state index in [0.717, 1.165) is 16.5 Å². The first kappa shape index (κ1) is 24.9. The van der Waals surface area contributed by atoms with Gasteiger partial charge in [-0.05, 0) is 61.2 Å². The van der Waals surface area contributed by atoms with Gasteiger partial charge in [0.05, 0.1) is 12.8 Å². The van der Waals surface area contributed by atoms with E-state index in [9.17, 15) is 9.59 Å². The fourth-order valence-corrected chi connectivity index (χ4v) is 3.26. The highest BCUT2D eigenvalue weighted by Gasteiger charge is 2.22. The summed E-state index contributed by atoms with van der Waals surface area (Å²) >= 11 is 9.30. The minimum Gasteiger partial charge on any atom is -0.493 e. The summed E-state index contributed by atoms with van der Waals surface area (Å²) in [5, 5.41) is 7.40. The number of halogens is 2. The molecule has 0 heterocycles. The first-order valence-corrected chi connectivity index (χ1v) is 11.3. The summed E-state index contributed by atoms with van der Waals surface area (Å²) in [6.07, 6.45) is 2.89. The van der Waals surface area contributed by atoms with Gasteiger partial charge in [0.25, 0.3) is 11.8 Å². The third-order valence-electron chi connectivity index (χ3n) is 4.25. The quantitative estimate of drug-likeness (QED) is 0.342. The van der Waals surface area contributed by atoms with Gasteiger partial charge in [-0.2, -0.15) is 5.10 Å². The molecule has 2 aromatic rings. The van der Waals surface area contributed by atoms with Crippen molar-refractivity contribution in [3.05, 3.63) is 63.1 Å². The average Bonchev–Trinajstić information content (AvgIpc) is 2.72. The van der Waals surface area contributed by atoms with Crippen molar-refractivity contribution in [1.82, 2.24) is 10.7 Å². The number of hydrazone groups is 1. The number of amides is 2. The molecule has 31 heavy (non-hydrogen) atoms. The van der Waals surface area contributed by atoms with Crippen LogP contribution in [0.15, 0.2) is 52.0 Å². The highest BCUT2D eigenvalue weighted by atomic mass is 79.9. The first-order valence-electron chi connectivity index (χ1n) is 10.1. The Hall–Kier alpha value is -2.38. The molecule has 0 bridgehead atoms. The number of hydrogen-bond donors (Lipinski definition) is 2. The maximum absolute atomic E-state index is 12.7. The van der Waals surface area contributed by atoms with Crippen molar-refractivity contribution in [2.45, 2.75) is 39.7 Å². The normalized spacial score (nSPS) is 12.1. The fraction of sp³-hybridized carbons (Fsp3) is 0.348. The van der Waals surface area contributed by atoms with Crippen LogP contribution in [0.2, 0.25) is 5.02 Å². The zero-order valence-electron chi connectivity index (χ0n) is 17.8. The third kappa shape index (κ3) is 8.34. The zero-order valence-corrected chi connectivity index (χ0v) is 20.2. The molecule has 2 N–H and O–H groups in total. The molecule has 0 aromatic heterocycles. The maximum atomic E-state index is 12.7. The zero-order chi connectivity index (χ0) is 22.8. The first-order chi connectivity index (χ1) is 14.8. The maximum Gasteiger partial charge on any atom is 0.262 e. The van der Waals surface area contributed by atoms with Crippen LogP contribution >= 0.6 is 27.5 Å². The molecule has 0 aliphatic carbocycles. The summed E-state index contributed by atoms with van der Waals surface area (Å²) in [5.41, 5.74) is 3.69. The van der Waals surface area contributed by atoms with Crippen molar-refractivity contribution in [2.75, 3.05) is 6.61 Å². The summed E-state index contributed by atoms with van der Waals surface area (Å²) in [6.45, 7) is 6.58. The van der Waals surface area contributed by atoms with E-state index < -0.39 is 11.9 Å². The van der Waals surface area contributed by atoms with Crippen LogP contribution in [0.1, 0.15) is 49.5 Å². The molecule has 1 unspecified atom stereocenters. The number of nitrogens with zero attached hydrogens (tertiary/aromatic N) is 1. The lowest BCUT2D eigenvalue weighted by atomic mass is 10.0. The van der Waals surface area contributed by atoms with Crippen molar-refractivity contribution in [3.63, 3.8) is 0 Å². The number of rotatable bonds is 10. The van der Waals surface area contributed by atoms with Crippen LogP contribution in [0.5, 0.6) is 5.75 Å². The van der Waals surface area contributed by atoms with Gasteiger partial charge in [0.15, 0.2) is 0 Å². The van der Waals surface area contributed by atoms with E-state index in [2.05, 4.69) is 31.8 Å². The second-order valence-electron chi connectivity index (χ2n) is 7.43. The van der Waals surface area contributed by atoms with Crippen LogP contribution in [-0.4, -0.2) is 30.7 Å². The summed E-state index contributed by atoms with van der Waals surface area (Å²) in [4.78, 5) is 25.2. The molecule has 2 aromatic carbocycles. The lowest BCUT2D eigenvalue weighted by Crippen LogP contribution is -2.46. The van der Waals surface area contributed by atoms with Gasteiger partial charge in [0, 0.05) is 20.6 Å². The van der Waals surface area contributed by atoms with Crippen LogP contribution in [0.25, 0.3) is 0 Å². The van der Waals surface area contributed by atoms with Crippen molar-refractivity contribution in [2.24, 2.45) is 11.0 Å². The molecule has 2 rings (SSSR count). The van der Waals surface area contributed by atoms with E-state index in [1.54, 1.807) is 24.3 Å². The van der Waals surface area contributed by atoms with Crippen LogP contribution in [0.4, 0.5) is 0 Å². The second-order valence-corrected chi connectivity index (χ2v) is 8.78. The Morgan fingerprint density at radius 1 is 1.19 bits per heavy atom. The molecule has 0 saturated heterocycles. The van der Waals surface area contributed by atoms with Gasteiger partial charge in [-0.1, -0.05) is 48.3 Å². The Morgan fingerprint density at radius 2 is 1.90 bits per heavy atom. The largest absolute Gasteiger partial charge is 0.493 e. The molecule has 6 nitrogen and oxygen atoms in total. The van der Waals surface area contributed by atoms with E-state index in [-0.39, 0.29) is 11.8 Å². The van der Waals surface area contributed by atoms with E-state index in [1.165, 1.54) is 6.21 Å². The van der Waals surface area contributed by atoms with Gasteiger partial charge in [0.2, 0.25) is 0 Å². The molecule has 0 spiro atoms. The molecule has 0 aliphatic heterocycles. The Morgan fingerprint density at radius 3 is 2.55 bits per heavy atom. The highest BCUT2D eigenvalue weighted by molar-refractivity contribution is 9.10. The number of benzene rings is 2. The third-order valence-corrected chi connectivity index (χ3v) is 4.99. The number of carbonyl (C=O) groups excluding carboxylic acids is 2. The molecule has 2 amide bonds. The lowest BCUT2D eigenvalue weighted by molar-refractivity contribution is -0.123. The van der Waals surface area contributed by atoms with Crippen molar-refractivity contribution < 1.29 is 14.3 Å². The van der Waals surface area contributed by atoms with Crippen molar-refractivity contribution in [1.29, 1.82) is 0 Å². The standard InChI is InChI=1S/C23H27BrClN3O3/c1-4-11-31-21-10-7-18(24)13-17(21)14-26-28-23(30)20(12-15(2)3)27-22(29)16-5-8-19(25)9-6-16/h5-10,13-15,20H,4,11-12H2,1-3H3,(H,27,29)(H,28,30). The summed E-state index contributed by atoms with van der Waals surface area (Å²) in [6, 6.07) is 11.4. The van der Waals surface area contributed by atoms with E-state index in [0.29, 0.717) is 29.4 Å². The summed E-state index contributed by atoms with van der Waals surface area (Å²) in [5.74, 6) is 0.143. The molecule has 1 atom stereocenters. The lowest BCUT2D eigenvalue weighted by Gasteiger charge is -2.19. The Bertz CT molecular complexity index is 917. The molecule has 0 radical (unpaired) electrons. The smallest absolute Gasteiger partial charge is 0.262 e. The monoisotopic (exact) mass is 507 g/mol. The second kappa shape index (κ2) is 12.5. The van der Waals surface area contributed by atoms with Crippen LogP contribution in [0, 0.1) is 5.92 Å². The summed E-state index contributed by atoms with van der Waals surface area (Å²) < 4.78 is 6.59. The predicted molar refractivity (Wildman–Crippen MR) is 128 cm³/mol. The number of ether oxygens (including phenoxy) is 1. The van der Waals surface area contributed by atoms with Gasteiger partial charge in [-0.3, -0.25) is 9.59 Å². The molecule has 166 valence electrons. The average molecular weight is 509 g/mol. The highest BCUT2D eigenvalue weighted by Crippen LogP contribution is 2.22.